The number of amides is 1. The molecule has 1 aromatic carbocycles. The monoisotopic (exact) mass is 371 g/mol. The van der Waals surface area contributed by atoms with E-state index < -0.39 is 0 Å². The lowest BCUT2D eigenvalue weighted by Gasteiger charge is -2.19. The number of fused-ring (bicyclic) bond motifs is 1. The lowest BCUT2D eigenvalue weighted by atomic mass is 9.87. The smallest absolute Gasteiger partial charge is 0.237 e. The van der Waals surface area contributed by atoms with Gasteiger partial charge in [-0.3, -0.25) is 4.79 Å². The van der Waals surface area contributed by atoms with Crippen molar-refractivity contribution in [1.82, 2.24) is 9.97 Å². The summed E-state index contributed by atoms with van der Waals surface area (Å²) < 4.78 is 0. The first kappa shape index (κ1) is 17.9. The van der Waals surface area contributed by atoms with Gasteiger partial charge in [-0.25, -0.2) is 9.97 Å². The largest absolute Gasteiger partial charge is 0.325 e. The number of thioether (sulfide) groups is 1. The van der Waals surface area contributed by atoms with Crippen LogP contribution in [0.4, 0.5) is 5.69 Å². The fourth-order valence-electron chi connectivity index (χ4n) is 2.38. The van der Waals surface area contributed by atoms with Gasteiger partial charge < -0.3 is 5.32 Å². The molecule has 4 nitrogen and oxygen atoms in total. The van der Waals surface area contributed by atoms with Crippen LogP contribution in [-0.4, -0.2) is 21.1 Å². The van der Waals surface area contributed by atoms with Gasteiger partial charge in [-0.2, -0.15) is 0 Å². The summed E-state index contributed by atoms with van der Waals surface area (Å²) in [4.78, 5) is 22.0. The Labute approximate surface area is 156 Å². The molecule has 0 fully saturated rings. The molecule has 0 spiro atoms. The molecule has 130 valence electrons. The Morgan fingerprint density at radius 2 is 1.88 bits per heavy atom. The number of aromatic nitrogens is 2. The zero-order valence-electron chi connectivity index (χ0n) is 14.7. The number of rotatable bonds is 4. The molecule has 3 aromatic rings. The van der Waals surface area contributed by atoms with Gasteiger partial charge >= 0.3 is 0 Å². The molecule has 0 radical (unpaired) electrons. The van der Waals surface area contributed by atoms with Crippen LogP contribution in [0.25, 0.3) is 10.2 Å². The Kier molecular flexibility index (Phi) is 5.11. The molecule has 1 atom stereocenters. The Morgan fingerprint density at radius 3 is 2.56 bits per heavy atom. The average molecular weight is 372 g/mol. The standard InChI is InChI=1S/C19H21N3OS2/c1-12(25-18-15-9-10-24-17(15)20-11-21-18)16(23)22-14-7-5-13(6-8-14)19(2,3)4/h5-12H,1-4H3,(H,22,23). The minimum atomic E-state index is -0.250. The molecule has 1 amide bonds. The Bertz CT molecular complexity index is 882. The van der Waals surface area contributed by atoms with Crippen LogP contribution < -0.4 is 5.32 Å². The molecule has 2 heterocycles. The topological polar surface area (TPSA) is 54.9 Å². The van der Waals surface area contributed by atoms with Crippen molar-refractivity contribution in [3.63, 3.8) is 0 Å². The van der Waals surface area contributed by atoms with Crippen LogP contribution in [0, 0.1) is 0 Å². The van der Waals surface area contributed by atoms with E-state index >= 15 is 0 Å². The summed E-state index contributed by atoms with van der Waals surface area (Å²) in [6, 6.07) is 10.0. The number of carbonyl (C=O) groups is 1. The fourth-order valence-corrected chi connectivity index (χ4v) is 4.08. The zero-order valence-corrected chi connectivity index (χ0v) is 16.4. The molecule has 0 aliphatic carbocycles. The number of nitrogens with zero attached hydrogens (tertiary/aromatic N) is 2. The van der Waals surface area contributed by atoms with Gasteiger partial charge in [0.2, 0.25) is 5.91 Å². The number of anilines is 1. The maximum Gasteiger partial charge on any atom is 0.237 e. The number of hydrogen-bond donors (Lipinski definition) is 1. The van der Waals surface area contributed by atoms with E-state index in [1.165, 1.54) is 17.3 Å². The van der Waals surface area contributed by atoms with Crippen molar-refractivity contribution in [2.75, 3.05) is 5.32 Å². The number of nitrogens with one attached hydrogen (secondary N) is 1. The van der Waals surface area contributed by atoms with E-state index in [4.69, 9.17) is 0 Å². The van der Waals surface area contributed by atoms with Crippen LogP contribution in [0.5, 0.6) is 0 Å². The number of benzene rings is 1. The minimum absolute atomic E-state index is 0.0319. The van der Waals surface area contributed by atoms with E-state index in [0.717, 1.165) is 20.9 Å². The van der Waals surface area contributed by atoms with E-state index in [1.54, 1.807) is 17.7 Å². The van der Waals surface area contributed by atoms with E-state index in [-0.39, 0.29) is 16.6 Å². The van der Waals surface area contributed by atoms with Gasteiger partial charge in [-0.05, 0) is 41.5 Å². The van der Waals surface area contributed by atoms with Crippen LogP contribution in [0.2, 0.25) is 0 Å². The maximum absolute atomic E-state index is 12.5. The van der Waals surface area contributed by atoms with Crippen LogP contribution in [-0.2, 0) is 10.2 Å². The molecule has 6 heteroatoms. The van der Waals surface area contributed by atoms with Crippen molar-refractivity contribution < 1.29 is 4.79 Å². The second-order valence-corrected chi connectivity index (χ2v) is 9.12. The van der Waals surface area contributed by atoms with Crippen LogP contribution in [0.15, 0.2) is 47.1 Å². The van der Waals surface area contributed by atoms with E-state index in [2.05, 4.69) is 48.2 Å². The SMILES string of the molecule is CC(Sc1ncnc2sccc12)C(=O)Nc1ccc(C(C)(C)C)cc1. The van der Waals surface area contributed by atoms with E-state index in [0.29, 0.717) is 0 Å². The highest BCUT2D eigenvalue weighted by molar-refractivity contribution is 8.00. The van der Waals surface area contributed by atoms with Crippen molar-refractivity contribution in [3.05, 3.63) is 47.6 Å². The summed E-state index contributed by atoms with van der Waals surface area (Å²) in [7, 11) is 0. The molecule has 1 unspecified atom stereocenters. The highest BCUT2D eigenvalue weighted by Gasteiger charge is 2.18. The van der Waals surface area contributed by atoms with Crippen molar-refractivity contribution in [1.29, 1.82) is 0 Å². The quantitative estimate of drug-likeness (QED) is 0.511. The molecule has 0 aliphatic heterocycles. The predicted octanol–water partition coefficient (Wildman–Crippen LogP) is 5.11. The highest BCUT2D eigenvalue weighted by Crippen LogP contribution is 2.31. The molecule has 0 aliphatic rings. The highest BCUT2D eigenvalue weighted by atomic mass is 32.2. The van der Waals surface area contributed by atoms with Crippen molar-refractivity contribution in [2.24, 2.45) is 0 Å². The van der Waals surface area contributed by atoms with E-state index in [9.17, 15) is 4.79 Å². The first-order valence-electron chi connectivity index (χ1n) is 8.11. The Balaban J connectivity index is 1.67. The van der Waals surface area contributed by atoms with Gasteiger partial charge in [-0.1, -0.05) is 44.7 Å². The van der Waals surface area contributed by atoms with Gasteiger partial charge in [0.05, 0.1) is 5.25 Å². The average Bonchev–Trinajstić information content (AvgIpc) is 3.04. The predicted molar refractivity (Wildman–Crippen MR) is 107 cm³/mol. The number of thiophene rings is 1. The maximum atomic E-state index is 12.5. The molecule has 3 rings (SSSR count). The summed E-state index contributed by atoms with van der Waals surface area (Å²) in [5, 5.41) is 6.57. The van der Waals surface area contributed by atoms with Crippen molar-refractivity contribution in [3.8, 4) is 0 Å². The molecular weight excluding hydrogens is 350 g/mol. The Morgan fingerprint density at radius 1 is 1.16 bits per heavy atom. The summed E-state index contributed by atoms with van der Waals surface area (Å²) in [6.45, 7) is 8.41. The molecule has 25 heavy (non-hydrogen) atoms. The van der Waals surface area contributed by atoms with Gasteiger partial charge in [0.1, 0.15) is 16.2 Å². The normalized spacial score (nSPS) is 13.0. The summed E-state index contributed by atoms with van der Waals surface area (Å²) >= 11 is 3.03. The third kappa shape index (κ3) is 4.19. The summed E-state index contributed by atoms with van der Waals surface area (Å²) in [5.74, 6) is -0.0319. The lowest BCUT2D eigenvalue weighted by Crippen LogP contribution is -2.22. The third-order valence-electron chi connectivity index (χ3n) is 3.90. The summed E-state index contributed by atoms with van der Waals surface area (Å²) in [6.07, 6.45) is 1.55. The first-order chi connectivity index (χ1) is 11.8. The summed E-state index contributed by atoms with van der Waals surface area (Å²) in [5.41, 5.74) is 2.16. The zero-order chi connectivity index (χ0) is 18.0. The number of carbonyl (C=O) groups excluding carboxylic acids is 1. The molecule has 0 saturated carbocycles. The van der Waals surface area contributed by atoms with E-state index in [1.807, 2.05) is 30.5 Å². The van der Waals surface area contributed by atoms with Gasteiger partial charge in [0.25, 0.3) is 0 Å². The van der Waals surface area contributed by atoms with Gasteiger partial charge in [-0.15, -0.1) is 11.3 Å². The fraction of sp³-hybridized carbons (Fsp3) is 0.316. The molecule has 0 saturated heterocycles. The second-order valence-electron chi connectivity index (χ2n) is 6.89. The third-order valence-corrected chi connectivity index (χ3v) is 5.84. The molecule has 0 bridgehead atoms. The van der Waals surface area contributed by atoms with Crippen LogP contribution in [0.3, 0.4) is 0 Å². The van der Waals surface area contributed by atoms with Crippen molar-refractivity contribution >= 4 is 44.9 Å². The number of hydrogen-bond acceptors (Lipinski definition) is 5. The van der Waals surface area contributed by atoms with Crippen molar-refractivity contribution in [2.45, 2.75) is 43.4 Å². The lowest BCUT2D eigenvalue weighted by molar-refractivity contribution is -0.115. The van der Waals surface area contributed by atoms with Crippen LogP contribution in [0.1, 0.15) is 33.3 Å². The van der Waals surface area contributed by atoms with Gasteiger partial charge in [0, 0.05) is 11.1 Å². The second kappa shape index (κ2) is 7.14. The van der Waals surface area contributed by atoms with Crippen LogP contribution >= 0.6 is 23.1 Å². The Hall–Kier alpha value is -1.92. The molecule has 1 N–H and O–H groups in total. The molecule has 2 aromatic heterocycles. The van der Waals surface area contributed by atoms with Gasteiger partial charge in [0.15, 0.2) is 0 Å². The minimum Gasteiger partial charge on any atom is -0.325 e. The molecular formula is C19H21N3OS2. The first-order valence-corrected chi connectivity index (χ1v) is 9.87.